The van der Waals surface area contributed by atoms with Crippen LogP contribution in [-0.2, 0) is 19.4 Å². The highest BCUT2D eigenvalue weighted by Gasteiger charge is 2.35. The van der Waals surface area contributed by atoms with E-state index in [4.69, 9.17) is 5.11 Å². The number of carboxylic acid groups (broad SMARTS) is 1. The molecule has 0 aromatic rings. The molecule has 0 radical (unpaired) electrons. The van der Waals surface area contributed by atoms with E-state index in [9.17, 15) is 22.8 Å². The highest BCUT2D eigenvalue weighted by Crippen LogP contribution is 2.17. The van der Waals surface area contributed by atoms with Gasteiger partial charge in [0, 0.05) is 12.6 Å². The quantitative estimate of drug-likeness (QED) is 0.540. The zero-order valence-electron chi connectivity index (χ0n) is 11.7. The molecule has 21 heavy (non-hydrogen) atoms. The Labute approximate surface area is 122 Å². The van der Waals surface area contributed by atoms with Crippen LogP contribution in [0.2, 0.25) is 0 Å². The maximum atomic E-state index is 12.0. The summed E-state index contributed by atoms with van der Waals surface area (Å²) in [6, 6.07) is -1.44. The van der Waals surface area contributed by atoms with Crippen LogP contribution < -0.4 is 10.6 Å². The van der Waals surface area contributed by atoms with Crippen molar-refractivity contribution < 1.29 is 27.9 Å². The van der Waals surface area contributed by atoms with Gasteiger partial charge in [0.15, 0.2) is 9.84 Å². The van der Waals surface area contributed by atoms with Gasteiger partial charge in [-0.25, -0.2) is 13.2 Å². The number of carbonyl (C=O) groups is 3. The lowest BCUT2D eigenvalue weighted by atomic mass is 10.2. The van der Waals surface area contributed by atoms with Crippen molar-refractivity contribution in [2.45, 2.75) is 19.4 Å². The Morgan fingerprint density at radius 1 is 1.29 bits per heavy atom. The van der Waals surface area contributed by atoms with Crippen molar-refractivity contribution in [2.24, 2.45) is 0 Å². The average Bonchev–Trinajstić information content (AvgIpc) is 2.73. The van der Waals surface area contributed by atoms with Gasteiger partial charge in [-0.05, 0) is 13.3 Å². The molecule has 0 bridgehead atoms. The first-order valence-electron chi connectivity index (χ1n) is 6.48. The van der Waals surface area contributed by atoms with E-state index < -0.39 is 40.3 Å². The molecule has 0 aromatic carbocycles. The third-order valence-corrected chi connectivity index (χ3v) is 4.74. The monoisotopic (exact) mass is 321 g/mol. The fourth-order valence-corrected chi connectivity index (χ4v) is 3.78. The maximum Gasteiger partial charge on any atom is 0.323 e. The lowest BCUT2D eigenvalue weighted by Crippen LogP contribution is -2.50. The Balaban J connectivity index is 2.67. The lowest BCUT2D eigenvalue weighted by molar-refractivity contribution is -0.138. The molecular weight excluding hydrogens is 302 g/mol. The minimum atomic E-state index is -3.24. The summed E-state index contributed by atoms with van der Waals surface area (Å²) in [7, 11) is -3.24. The fourth-order valence-electron chi connectivity index (χ4n) is 2.05. The molecule has 120 valence electrons. The van der Waals surface area contributed by atoms with Crippen LogP contribution in [0.5, 0.6) is 0 Å². The number of carboxylic acids is 1. The normalized spacial score (nSPS) is 19.8. The van der Waals surface area contributed by atoms with E-state index in [-0.39, 0.29) is 24.5 Å². The first kappa shape index (κ1) is 17.2. The number of aliphatic carboxylic acids is 1. The van der Waals surface area contributed by atoms with Crippen LogP contribution in [0.1, 0.15) is 13.3 Å². The molecule has 1 aliphatic heterocycles. The van der Waals surface area contributed by atoms with E-state index in [1.54, 1.807) is 6.92 Å². The second-order valence-corrected chi connectivity index (χ2v) is 6.92. The number of rotatable bonds is 6. The zero-order chi connectivity index (χ0) is 16.0. The molecule has 9 nitrogen and oxygen atoms in total. The second kappa shape index (κ2) is 7.25. The van der Waals surface area contributed by atoms with E-state index >= 15 is 0 Å². The van der Waals surface area contributed by atoms with Gasteiger partial charge >= 0.3 is 12.0 Å². The fraction of sp³-hybridized carbons (Fsp3) is 0.727. The van der Waals surface area contributed by atoms with Gasteiger partial charge in [0.05, 0.1) is 18.1 Å². The summed E-state index contributed by atoms with van der Waals surface area (Å²) in [5.41, 5.74) is 0. The summed E-state index contributed by atoms with van der Waals surface area (Å²) in [6.07, 6.45) is 0.199. The molecule has 3 N–H and O–H groups in total. The molecule has 0 saturated carbocycles. The van der Waals surface area contributed by atoms with Crippen molar-refractivity contribution in [3.8, 4) is 0 Å². The minimum Gasteiger partial charge on any atom is -0.480 e. The van der Waals surface area contributed by atoms with E-state index in [0.717, 1.165) is 4.90 Å². The molecule has 10 heteroatoms. The number of urea groups is 1. The second-order valence-electron chi connectivity index (χ2n) is 4.69. The van der Waals surface area contributed by atoms with Crippen LogP contribution in [0.25, 0.3) is 0 Å². The van der Waals surface area contributed by atoms with Gasteiger partial charge in [0.2, 0.25) is 5.91 Å². The van der Waals surface area contributed by atoms with E-state index in [1.165, 1.54) is 0 Å². The van der Waals surface area contributed by atoms with Gasteiger partial charge < -0.3 is 20.6 Å². The molecule has 1 heterocycles. The number of sulfone groups is 1. The molecule has 1 atom stereocenters. The van der Waals surface area contributed by atoms with Crippen molar-refractivity contribution in [1.29, 1.82) is 0 Å². The summed E-state index contributed by atoms with van der Waals surface area (Å²) in [5.74, 6) is -1.97. The number of hydrogen-bond acceptors (Lipinski definition) is 5. The van der Waals surface area contributed by atoms with Gasteiger partial charge in [-0.2, -0.15) is 0 Å². The summed E-state index contributed by atoms with van der Waals surface area (Å²) >= 11 is 0. The van der Waals surface area contributed by atoms with Gasteiger partial charge in [0.25, 0.3) is 0 Å². The van der Waals surface area contributed by atoms with E-state index in [0.29, 0.717) is 6.54 Å². The number of nitrogens with zero attached hydrogens (tertiary/aromatic N) is 1. The zero-order valence-corrected chi connectivity index (χ0v) is 12.5. The Bertz CT molecular complexity index is 518. The van der Waals surface area contributed by atoms with Crippen LogP contribution in [0.15, 0.2) is 0 Å². The van der Waals surface area contributed by atoms with Crippen molar-refractivity contribution in [3.63, 3.8) is 0 Å². The van der Waals surface area contributed by atoms with Crippen LogP contribution >= 0.6 is 0 Å². The van der Waals surface area contributed by atoms with Gasteiger partial charge in [0.1, 0.15) is 6.54 Å². The summed E-state index contributed by atoms with van der Waals surface area (Å²) in [6.45, 7) is 1.23. The summed E-state index contributed by atoms with van der Waals surface area (Å²) in [4.78, 5) is 35.0. The predicted octanol–water partition coefficient (Wildman–Crippen LogP) is -1.59. The van der Waals surface area contributed by atoms with Crippen molar-refractivity contribution >= 4 is 27.7 Å². The minimum absolute atomic E-state index is 0.0720. The smallest absolute Gasteiger partial charge is 0.323 e. The van der Waals surface area contributed by atoms with Crippen LogP contribution in [0.4, 0.5) is 4.79 Å². The molecule has 3 amide bonds. The molecule has 1 unspecified atom stereocenters. The molecule has 1 fully saturated rings. The number of nitrogens with one attached hydrogen (secondary N) is 2. The van der Waals surface area contributed by atoms with Crippen molar-refractivity contribution in [3.05, 3.63) is 0 Å². The maximum absolute atomic E-state index is 12.0. The van der Waals surface area contributed by atoms with Gasteiger partial charge in [-0.3, -0.25) is 9.59 Å². The van der Waals surface area contributed by atoms with Crippen molar-refractivity contribution in [2.75, 3.05) is 31.1 Å². The predicted molar refractivity (Wildman–Crippen MR) is 73.5 cm³/mol. The molecule has 0 aliphatic carbocycles. The van der Waals surface area contributed by atoms with E-state index in [1.807, 2.05) is 0 Å². The van der Waals surface area contributed by atoms with Crippen molar-refractivity contribution in [1.82, 2.24) is 15.5 Å². The summed E-state index contributed by atoms with van der Waals surface area (Å²) in [5, 5.41) is 13.6. The molecule has 1 rings (SSSR count). The highest BCUT2D eigenvalue weighted by molar-refractivity contribution is 7.91. The van der Waals surface area contributed by atoms with Crippen LogP contribution in [0, 0.1) is 0 Å². The van der Waals surface area contributed by atoms with Crippen LogP contribution in [0.3, 0.4) is 0 Å². The molecule has 0 spiro atoms. The summed E-state index contributed by atoms with van der Waals surface area (Å²) < 4.78 is 22.9. The standard InChI is InChI=1S/C11H19N3O6S/c1-2-12-9(15)5-13-11(18)14(6-10(16)17)8-3-4-21(19,20)7-8/h8H,2-7H2,1H3,(H,12,15)(H,13,18)(H,16,17). The van der Waals surface area contributed by atoms with Crippen LogP contribution in [-0.4, -0.2) is 73.5 Å². The highest BCUT2D eigenvalue weighted by atomic mass is 32.2. The lowest BCUT2D eigenvalue weighted by Gasteiger charge is -2.26. The Morgan fingerprint density at radius 2 is 1.95 bits per heavy atom. The topological polar surface area (TPSA) is 133 Å². The number of hydrogen-bond donors (Lipinski definition) is 3. The first-order valence-corrected chi connectivity index (χ1v) is 8.30. The molecule has 0 aromatic heterocycles. The third-order valence-electron chi connectivity index (χ3n) is 2.99. The largest absolute Gasteiger partial charge is 0.480 e. The number of amides is 3. The first-order chi connectivity index (χ1) is 9.75. The van der Waals surface area contributed by atoms with Gasteiger partial charge in [-0.15, -0.1) is 0 Å². The SMILES string of the molecule is CCNC(=O)CNC(=O)N(CC(=O)O)C1CCS(=O)(=O)C1. The Morgan fingerprint density at radius 3 is 2.43 bits per heavy atom. The van der Waals surface area contributed by atoms with Gasteiger partial charge in [-0.1, -0.05) is 0 Å². The Hall–Kier alpha value is -1.84. The molecular formula is C11H19N3O6S. The van der Waals surface area contributed by atoms with E-state index in [2.05, 4.69) is 10.6 Å². The Kier molecular flexibility index (Phi) is 5.94. The number of likely N-dealkylation sites (N-methyl/N-ethyl adjacent to an activating group) is 1. The average molecular weight is 321 g/mol. The third kappa shape index (κ3) is 5.58. The molecule has 1 saturated heterocycles. The number of carbonyl (C=O) groups excluding carboxylic acids is 2. The molecule has 1 aliphatic rings.